The Bertz CT molecular complexity index is 321. The van der Waals surface area contributed by atoms with Gasteiger partial charge in [-0.3, -0.25) is 4.79 Å². The molecule has 1 aliphatic rings. The molecule has 7 nitrogen and oxygen atoms in total. The monoisotopic (exact) mass is 274 g/mol. The molecular formula is C12H22N2O5. The third-order valence-electron chi connectivity index (χ3n) is 2.49. The van der Waals surface area contributed by atoms with E-state index in [0.29, 0.717) is 26.3 Å². The number of carbonyl (C=O) groups is 2. The van der Waals surface area contributed by atoms with E-state index in [1.54, 1.807) is 25.7 Å². The predicted molar refractivity (Wildman–Crippen MR) is 67.6 cm³/mol. The van der Waals surface area contributed by atoms with Crippen molar-refractivity contribution in [3.8, 4) is 0 Å². The molecular weight excluding hydrogens is 252 g/mol. The van der Waals surface area contributed by atoms with Crippen molar-refractivity contribution in [1.29, 1.82) is 0 Å². The molecule has 19 heavy (non-hydrogen) atoms. The minimum Gasteiger partial charge on any atom is -0.444 e. The van der Waals surface area contributed by atoms with Gasteiger partial charge in [-0.2, -0.15) is 0 Å². The average molecular weight is 274 g/mol. The molecule has 0 aromatic carbocycles. The lowest BCUT2D eigenvalue weighted by molar-refractivity contribution is -0.138. The van der Waals surface area contributed by atoms with E-state index in [4.69, 9.17) is 9.47 Å². The third kappa shape index (κ3) is 5.44. The Hall–Kier alpha value is -1.34. The second-order valence-electron chi connectivity index (χ2n) is 5.32. The lowest BCUT2D eigenvalue weighted by Gasteiger charge is -2.30. The van der Waals surface area contributed by atoms with Gasteiger partial charge >= 0.3 is 6.09 Å². The fraction of sp³-hybridized carbons (Fsp3) is 0.833. The van der Waals surface area contributed by atoms with Gasteiger partial charge in [-0.1, -0.05) is 0 Å². The fourth-order valence-corrected chi connectivity index (χ4v) is 1.64. The van der Waals surface area contributed by atoms with Crippen LogP contribution < -0.4 is 5.32 Å². The molecule has 0 aromatic rings. The van der Waals surface area contributed by atoms with Crippen molar-refractivity contribution in [2.75, 3.05) is 32.9 Å². The van der Waals surface area contributed by atoms with Gasteiger partial charge in [0.15, 0.2) is 0 Å². The van der Waals surface area contributed by atoms with Crippen LogP contribution in [0.15, 0.2) is 0 Å². The number of aliphatic hydroxyl groups excluding tert-OH is 1. The quantitative estimate of drug-likeness (QED) is 0.739. The van der Waals surface area contributed by atoms with Crippen LogP contribution in [0.3, 0.4) is 0 Å². The molecule has 7 heteroatoms. The lowest BCUT2D eigenvalue weighted by Crippen LogP contribution is -2.53. The van der Waals surface area contributed by atoms with Crippen molar-refractivity contribution in [2.24, 2.45) is 0 Å². The summed E-state index contributed by atoms with van der Waals surface area (Å²) >= 11 is 0. The van der Waals surface area contributed by atoms with Gasteiger partial charge in [0, 0.05) is 13.1 Å². The van der Waals surface area contributed by atoms with E-state index in [-0.39, 0.29) is 5.91 Å². The van der Waals surface area contributed by atoms with Crippen LogP contribution in [0, 0.1) is 0 Å². The number of hydrogen-bond acceptors (Lipinski definition) is 5. The molecule has 1 unspecified atom stereocenters. The maximum absolute atomic E-state index is 12.1. The number of aliphatic hydroxyl groups is 1. The Morgan fingerprint density at radius 3 is 2.42 bits per heavy atom. The van der Waals surface area contributed by atoms with E-state index in [9.17, 15) is 14.7 Å². The Labute approximate surface area is 112 Å². The van der Waals surface area contributed by atoms with Gasteiger partial charge in [0.25, 0.3) is 0 Å². The molecule has 110 valence electrons. The second-order valence-corrected chi connectivity index (χ2v) is 5.32. The standard InChI is InChI=1S/C12H22N2O5/c1-12(2,3)19-11(17)13-9(8-15)10(16)14-4-6-18-7-5-14/h9,15H,4-8H2,1-3H3,(H,13,17). The molecule has 1 rings (SSSR count). The summed E-state index contributed by atoms with van der Waals surface area (Å²) in [6, 6.07) is -0.979. The normalized spacial score (nSPS) is 17.8. The highest BCUT2D eigenvalue weighted by Crippen LogP contribution is 2.07. The summed E-state index contributed by atoms with van der Waals surface area (Å²) in [7, 11) is 0. The van der Waals surface area contributed by atoms with E-state index in [2.05, 4.69) is 5.32 Å². The summed E-state index contributed by atoms with van der Waals surface area (Å²) in [5.41, 5.74) is -0.647. The summed E-state index contributed by atoms with van der Waals surface area (Å²) in [6.07, 6.45) is -0.715. The molecule has 1 fully saturated rings. The van der Waals surface area contributed by atoms with Gasteiger partial charge in [0.05, 0.1) is 19.8 Å². The number of carbonyl (C=O) groups excluding carboxylic acids is 2. The second kappa shape index (κ2) is 6.72. The van der Waals surface area contributed by atoms with Gasteiger partial charge < -0.3 is 24.8 Å². The van der Waals surface area contributed by atoms with Crippen LogP contribution in [0.2, 0.25) is 0 Å². The van der Waals surface area contributed by atoms with Crippen LogP contribution in [0.5, 0.6) is 0 Å². The molecule has 1 saturated heterocycles. The predicted octanol–water partition coefficient (Wildman–Crippen LogP) is -0.269. The van der Waals surface area contributed by atoms with Crippen molar-refractivity contribution in [3.63, 3.8) is 0 Å². The van der Waals surface area contributed by atoms with Crippen LogP contribution in [0.1, 0.15) is 20.8 Å². The van der Waals surface area contributed by atoms with E-state index in [0.717, 1.165) is 0 Å². The molecule has 1 aliphatic heterocycles. The molecule has 0 radical (unpaired) electrons. The average Bonchev–Trinajstić information content (AvgIpc) is 2.34. The highest BCUT2D eigenvalue weighted by molar-refractivity contribution is 5.86. The summed E-state index contributed by atoms with van der Waals surface area (Å²) in [4.78, 5) is 25.2. The van der Waals surface area contributed by atoms with Crippen LogP contribution in [0.25, 0.3) is 0 Å². The van der Waals surface area contributed by atoms with Crippen molar-refractivity contribution in [3.05, 3.63) is 0 Å². The summed E-state index contributed by atoms with van der Waals surface area (Å²) < 4.78 is 10.2. The number of amides is 2. The SMILES string of the molecule is CC(C)(C)OC(=O)NC(CO)C(=O)N1CCOCC1. The molecule has 0 spiro atoms. The third-order valence-corrected chi connectivity index (χ3v) is 2.49. The van der Waals surface area contributed by atoms with Crippen molar-refractivity contribution >= 4 is 12.0 Å². The number of ether oxygens (including phenoxy) is 2. The van der Waals surface area contributed by atoms with Gasteiger partial charge in [-0.15, -0.1) is 0 Å². The number of hydrogen-bond donors (Lipinski definition) is 2. The first-order valence-corrected chi connectivity index (χ1v) is 6.30. The highest BCUT2D eigenvalue weighted by atomic mass is 16.6. The van der Waals surface area contributed by atoms with E-state index in [1.165, 1.54) is 0 Å². The molecule has 2 amide bonds. The largest absolute Gasteiger partial charge is 0.444 e. The Morgan fingerprint density at radius 2 is 1.95 bits per heavy atom. The summed E-state index contributed by atoms with van der Waals surface area (Å²) in [6.45, 7) is 6.58. The first-order chi connectivity index (χ1) is 8.83. The van der Waals surface area contributed by atoms with E-state index in [1.807, 2.05) is 0 Å². The Balaban J connectivity index is 2.52. The van der Waals surface area contributed by atoms with Crippen LogP contribution in [0.4, 0.5) is 4.79 Å². The molecule has 2 N–H and O–H groups in total. The molecule has 0 saturated carbocycles. The first-order valence-electron chi connectivity index (χ1n) is 6.30. The van der Waals surface area contributed by atoms with E-state index < -0.39 is 24.3 Å². The smallest absolute Gasteiger partial charge is 0.408 e. The number of rotatable bonds is 3. The zero-order valence-electron chi connectivity index (χ0n) is 11.6. The Morgan fingerprint density at radius 1 is 1.37 bits per heavy atom. The zero-order valence-corrected chi connectivity index (χ0v) is 11.6. The zero-order chi connectivity index (χ0) is 14.5. The van der Waals surface area contributed by atoms with Crippen LogP contribution >= 0.6 is 0 Å². The minimum absolute atomic E-state index is 0.323. The lowest BCUT2D eigenvalue weighted by atomic mass is 10.2. The van der Waals surface area contributed by atoms with E-state index >= 15 is 0 Å². The number of morpholine rings is 1. The topological polar surface area (TPSA) is 88.1 Å². The number of alkyl carbamates (subject to hydrolysis) is 1. The maximum atomic E-state index is 12.1. The molecule has 1 atom stereocenters. The summed E-state index contributed by atoms with van der Waals surface area (Å²) in [5.74, 6) is -0.323. The molecule has 0 bridgehead atoms. The van der Waals surface area contributed by atoms with Crippen LogP contribution in [-0.2, 0) is 14.3 Å². The van der Waals surface area contributed by atoms with Crippen molar-refractivity contribution in [2.45, 2.75) is 32.4 Å². The summed E-state index contributed by atoms with van der Waals surface area (Å²) in [5, 5.41) is 11.6. The molecule has 0 aromatic heterocycles. The number of nitrogens with one attached hydrogen (secondary N) is 1. The minimum atomic E-state index is -0.979. The van der Waals surface area contributed by atoms with Crippen molar-refractivity contribution < 1.29 is 24.2 Å². The first kappa shape index (κ1) is 15.7. The number of nitrogens with zero attached hydrogens (tertiary/aromatic N) is 1. The molecule has 0 aliphatic carbocycles. The molecule has 1 heterocycles. The van der Waals surface area contributed by atoms with Gasteiger partial charge in [0.1, 0.15) is 11.6 Å². The van der Waals surface area contributed by atoms with Gasteiger partial charge in [-0.25, -0.2) is 4.79 Å². The van der Waals surface area contributed by atoms with Crippen molar-refractivity contribution in [1.82, 2.24) is 10.2 Å². The fourth-order valence-electron chi connectivity index (χ4n) is 1.64. The van der Waals surface area contributed by atoms with Gasteiger partial charge in [0.2, 0.25) is 5.91 Å². The van der Waals surface area contributed by atoms with Crippen LogP contribution in [-0.4, -0.2) is 66.6 Å². The maximum Gasteiger partial charge on any atom is 0.408 e. The van der Waals surface area contributed by atoms with Gasteiger partial charge in [-0.05, 0) is 20.8 Å². The Kier molecular flexibility index (Phi) is 5.56. The highest BCUT2D eigenvalue weighted by Gasteiger charge is 2.28.